The van der Waals surface area contributed by atoms with Gasteiger partial charge in [-0.25, -0.2) is 8.42 Å². The van der Waals surface area contributed by atoms with Gasteiger partial charge in [0, 0.05) is 13.6 Å². The van der Waals surface area contributed by atoms with Crippen molar-refractivity contribution < 1.29 is 8.42 Å². The monoisotopic (exact) mass is 222 g/mol. The number of anilines is 1. The molecule has 0 amide bonds. The molecule has 0 aromatic carbocycles. The van der Waals surface area contributed by atoms with Crippen LogP contribution >= 0.6 is 11.3 Å². The van der Waals surface area contributed by atoms with Crippen molar-refractivity contribution in [2.75, 3.05) is 19.3 Å². The van der Waals surface area contributed by atoms with Crippen molar-refractivity contribution in [1.82, 2.24) is 14.5 Å². The van der Waals surface area contributed by atoms with Crippen molar-refractivity contribution in [2.45, 2.75) is 11.3 Å². The number of sulfonamides is 1. The molecule has 1 heterocycles. The molecule has 0 saturated carbocycles. The van der Waals surface area contributed by atoms with Gasteiger partial charge in [-0.2, -0.15) is 4.31 Å². The van der Waals surface area contributed by atoms with Crippen molar-refractivity contribution in [1.29, 1.82) is 0 Å². The van der Waals surface area contributed by atoms with Crippen LogP contribution in [0.2, 0.25) is 0 Å². The van der Waals surface area contributed by atoms with Crippen molar-refractivity contribution in [3.05, 3.63) is 0 Å². The lowest BCUT2D eigenvalue weighted by molar-refractivity contribution is 0.485. The molecule has 74 valence electrons. The van der Waals surface area contributed by atoms with E-state index in [0.717, 1.165) is 11.3 Å². The Balaban J connectivity index is 3.08. The average Bonchev–Trinajstić information content (AvgIpc) is 2.50. The molecule has 0 unspecified atom stereocenters. The van der Waals surface area contributed by atoms with E-state index >= 15 is 0 Å². The van der Waals surface area contributed by atoms with Crippen LogP contribution in [0.3, 0.4) is 0 Å². The van der Waals surface area contributed by atoms with Crippen molar-refractivity contribution in [3.63, 3.8) is 0 Å². The van der Waals surface area contributed by atoms with E-state index in [-0.39, 0.29) is 9.47 Å². The molecule has 0 aliphatic heterocycles. The van der Waals surface area contributed by atoms with Gasteiger partial charge in [-0.3, -0.25) is 0 Å². The van der Waals surface area contributed by atoms with E-state index < -0.39 is 10.0 Å². The molecule has 13 heavy (non-hydrogen) atoms. The number of nitrogen functional groups attached to an aromatic ring is 1. The molecule has 1 rings (SSSR count). The number of nitrogens with zero attached hydrogens (tertiary/aromatic N) is 3. The number of hydrogen-bond donors (Lipinski definition) is 1. The minimum absolute atomic E-state index is 0.0608. The van der Waals surface area contributed by atoms with Crippen LogP contribution in [0.15, 0.2) is 4.34 Å². The summed E-state index contributed by atoms with van der Waals surface area (Å²) < 4.78 is 24.2. The predicted octanol–water partition coefficient (Wildman–Crippen LogP) is -0.239. The number of nitrogens with two attached hydrogens (primary N) is 1. The van der Waals surface area contributed by atoms with Gasteiger partial charge >= 0.3 is 0 Å². The maximum Gasteiger partial charge on any atom is 0.272 e. The highest BCUT2D eigenvalue weighted by Gasteiger charge is 2.23. The molecule has 0 aliphatic carbocycles. The third-order valence-electron chi connectivity index (χ3n) is 1.50. The van der Waals surface area contributed by atoms with Crippen LogP contribution < -0.4 is 5.73 Å². The number of hydrogen-bond acceptors (Lipinski definition) is 6. The molecular formula is C5H10N4O2S2. The lowest BCUT2D eigenvalue weighted by atomic mass is 10.8. The Bertz CT molecular complexity index is 385. The van der Waals surface area contributed by atoms with Crippen molar-refractivity contribution in [3.8, 4) is 0 Å². The second kappa shape index (κ2) is 3.56. The molecule has 1 aromatic rings. The Morgan fingerprint density at radius 3 is 2.54 bits per heavy atom. The maximum absolute atomic E-state index is 11.6. The van der Waals surface area contributed by atoms with E-state index in [1.54, 1.807) is 6.92 Å². The summed E-state index contributed by atoms with van der Waals surface area (Å²) in [5.41, 5.74) is 5.28. The molecule has 1 aromatic heterocycles. The molecule has 0 aliphatic rings. The fourth-order valence-corrected chi connectivity index (χ4v) is 2.78. The molecule has 0 radical (unpaired) electrons. The van der Waals surface area contributed by atoms with Gasteiger partial charge in [0.2, 0.25) is 9.47 Å². The summed E-state index contributed by atoms with van der Waals surface area (Å²) in [6.45, 7) is 2.13. The lowest BCUT2D eigenvalue weighted by Crippen LogP contribution is -2.26. The second-order valence-corrected chi connectivity index (χ2v) is 5.55. The van der Waals surface area contributed by atoms with Gasteiger partial charge in [0.05, 0.1) is 0 Å². The van der Waals surface area contributed by atoms with Gasteiger partial charge in [0.25, 0.3) is 10.0 Å². The van der Waals surface area contributed by atoms with Crippen molar-refractivity contribution >= 4 is 26.5 Å². The van der Waals surface area contributed by atoms with Crippen LogP contribution in [0.5, 0.6) is 0 Å². The van der Waals surface area contributed by atoms with Crippen molar-refractivity contribution in [2.24, 2.45) is 0 Å². The molecule has 0 spiro atoms. The molecule has 8 heteroatoms. The highest BCUT2D eigenvalue weighted by molar-refractivity contribution is 7.91. The maximum atomic E-state index is 11.6. The summed E-state index contributed by atoms with van der Waals surface area (Å²) in [4.78, 5) is 0. The van der Waals surface area contributed by atoms with Gasteiger partial charge in [-0.1, -0.05) is 18.3 Å². The van der Waals surface area contributed by atoms with Crippen LogP contribution in [0.4, 0.5) is 5.13 Å². The Labute approximate surface area is 80.4 Å². The van der Waals surface area contributed by atoms with E-state index in [2.05, 4.69) is 10.2 Å². The van der Waals surface area contributed by atoms with E-state index in [1.807, 2.05) is 0 Å². The second-order valence-electron chi connectivity index (χ2n) is 2.33. The zero-order valence-corrected chi connectivity index (χ0v) is 8.89. The summed E-state index contributed by atoms with van der Waals surface area (Å²) in [6.07, 6.45) is 0. The Morgan fingerprint density at radius 1 is 1.54 bits per heavy atom. The van der Waals surface area contributed by atoms with Gasteiger partial charge in [-0.05, 0) is 0 Å². The quantitative estimate of drug-likeness (QED) is 0.762. The summed E-state index contributed by atoms with van der Waals surface area (Å²) in [6, 6.07) is 0. The minimum Gasteiger partial charge on any atom is -0.374 e. The average molecular weight is 222 g/mol. The smallest absolute Gasteiger partial charge is 0.272 e. The summed E-state index contributed by atoms with van der Waals surface area (Å²) in [5, 5.41) is 7.07. The van der Waals surface area contributed by atoms with E-state index in [0.29, 0.717) is 6.54 Å². The topological polar surface area (TPSA) is 89.2 Å². The largest absolute Gasteiger partial charge is 0.374 e. The molecule has 6 nitrogen and oxygen atoms in total. The zero-order chi connectivity index (χ0) is 10.1. The first-order chi connectivity index (χ1) is 5.98. The van der Waals surface area contributed by atoms with Crippen LogP contribution in [0.1, 0.15) is 6.92 Å². The third-order valence-corrected chi connectivity index (χ3v) is 4.53. The van der Waals surface area contributed by atoms with E-state index in [4.69, 9.17) is 5.73 Å². The summed E-state index contributed by atoms with van der Waals surface area (Å²) in [5.74, 6) is 0. The standard InChI is InChI=1S/C5H10N4O2S2/c1-3-9(2)13(10,11)5-8-7-4(6)12-5/h3H2,1-2H3,(H2,6,7). The Kier molecular flexibility index (Phi) is 2.84. The lowest BCUT2D eigenvalue weighted by Gasteiger charge is -2.10. The number of rotatable bonds is 3. The predicted molar refractivity (Wildman–Crippen MR) is 49.8 cm³/mol. The van der Waals surface area contributed by atoms with Crippen LogP contribution in [0, 0.1) is 0 Å². The number of aromatic nitrogens is 2. The fourth-order valence-electron chi connectivity index (χ4n) is 0.628. The molecule has 0 fully saturated rings. The van der Waals surface area contributed by atoms with Crippen LogP contribution in [-0.4, -0.2) is 36.5 Å². The van der Waals surface area contributed by atoms with Gasteiger partial charge in [-0.15, -0.1) is 10.2 Å². The first kappa shape index (κ1) is 10.4. The molecule has 0 bridgehead atoms. The minimum atomic E-state index is -3.47. The zero-order valence-electron chi connectivity index (χ0n) is 7.26. The van der Waals surface area contributed by atoms with Gasteiger partial charge in [0.1, 0.15) is 0 Å². The summed E-state index contributed by atoms with van der Waals surface area (Å²) >= 11 is 0.864. The highest BCUT2D eigenvalue weighted by Crippen LogP contribution is 2.19. The fraction of sp³-hybridized carbons (Fsp3) is 0.600. The third kappa shape index (κ3) is 1.95. The molecule has 2 N–H and O–H groups in total. The van der Waals surface area contributed by atoms with Crippen LogP contribution in [-0.2, 0) is 10.0 Å². The van der Waals surface area contributed by atoms with E-state index in [1.165, 1.54) is 11.4 Å². The summed E-state index contributed by atoms with van der Waals surface area (Å²) in [7, 11) is -1.99. The molecule has 0 atom stereocenters. The SMILES string of the molecule is CCN(C)S(=O)(=O)c1nnc(N)s1. The first-order valence-corrected chi connectivity index (χ1v) is 5.79. The first-order valence-electron chi connectivity index (χ1n) is 3.53. The normalized spacial score (nSPS) is 12.2. The van der Waals surface area contributed by atoms with Gasteiger partial charge in [0.15, 0.2) is 0 Å². The van der Waals surface area contributed by atoms with E-state index in [9.17, 15) is 8.42 Å². The van der Waals surface area contributed by atoms with Gasteiger partial charge < -0.3 is 5.73 Å². The Morgan fingerprint density at radius 2 is 2.15 bits per heavy atom. The van der Waals surface area contributed by atoms with Crippen LogP contribution in [0.25, 0.3) is 0 Å². The Hall–Kier alpha value is -0.730. The highest BCUT2D eigenvalue weighted by atomic mass is 32.2. The molecular weight excluding hydrogens is 212 g/mol. The molecule has 0 saturated heterocycles.